The maximum atomic E-state index is 5.53. The van der Waals surface area contributed by atoms with Gasteiger partial charge >= 0.3 is 0 Å². The van der Waals surface area contributed by atoms with Gasteiger partial charge in [-0.25, -0.2) is 0 Å². The maximum absolute atomic E-state index is 5.53. The highest BCUT2D eigenvalue weighted by molar-refractivity contribution is 7.80. The Bertz CT molecular complexity index is 629. The molecule has 4 nitrogen and oxygen atoms in total. The SMILES string of the molecule is CCOc1ccccc1C=NNC(=S)NCc1ccccc1. The van der Waals surface area contributed by atoms with E-state index in [1.807, 2.05) is 61.5 Å². The average molecular weight is 313 g/mol. The summed E-state index contributed by atoms with van der Waals surface area (Å²) in [5, 5.41) is 7.72. The molecule has 0 aliphatic heterocycles. The minimum Gasteiger partial charge on any atom is -0.493 e. The van der Waals surface area contributed by atoms with Crippen LogP contribution >= 0.6 is 12.2 Å². The Morgan fingerprint density at radius 1 is 1.14 bits per heavy atom. The fraction of sp³-hybridized carbons (Fsp3) is 0.176. The summed E-state index contributed by atoms with van der Waals surface area (Å²) in [4.78, 5) is 0. The predicted molar refractivity (Wildman–Crippen MR) is 94.2 cm³/mol. The van der Waals surface area contributed by atoms with Crippen molar-refractivity contribution >= 4 is 23.5 Å². The second kappa shape index (κ2) is 8.79. The molecule has 0 fully saturated rings. The molecule has 2 rings (SSSR count). The lowest BCUT2D eigenvalue weighted by Crippen LogP contribution is -2.31. The Morgan fingerprint density at radius 3 is 2.64 bits per heavy atom. The Kier molecular flexibility index (Phi) is 6.39. The number of hydrazone groups is 1. The van der Waals surface area contributed by atoms with Crippen molar-refractivity contribution in [3.63, 3.8) is 0 Å². The highest BCUT2D eigenvalue weighted by atomic mass is 32.1. The number of nitrogens with one attached hydrogen (secondary N) is 2. The molecule has 0 atom stereocenters. The Balaban J connectivity index is 1.83. The fourth-order valence-corrected chi connectivity index (χ4v) is 1.98. The van der Waals surface area contributed by atoms with Gasteiger partial charge in [-0.2, -0.15) is 5.10 Å². The molecule has 0 spiro atoms. The van der Waals surface area contributed by atoms with Gasteiger partial charge in [0.1, 0.15) is 5.75 Å². The third-order valence-electron chi connectivity index (χ3n) is 2.88. The lowest BCUT2D eigenvalue weighted by Gasteiger charge is -2.08. The summed E-state index contributed by atoms with van der Waals surface area (Å²) in [5.41, 5.74) is 4.87. The molecule has 2 N–H and O–H groups in total. The van der Waals surface area contributed by atoms with Crippen LogP contribution in [0.2, 0.25) is 0 Å². The van der Waals surface area contributed by atoms with Crippen LogP contribution in [0.15, 0.2) is 59.7 Å². The smallest absolute Gasteiger partial charge is 0.187 e. The second-order valence-electron chi connectivity index (χ2n) is 4.51. The molecule has 0 saturated heterocycles. The number of thiocarbonyl (C=S) groups is 1. The number of nitrogens with zero attached hydrogens (tertiary/aromatic N) is 1. The highest BCUT2D eigenvalue weighted by Gasteiger charge is 1.99. The summed E-state index contributed by atoms with van der Waals surface area (Å²) in [6.07, 6.45) is 1.70. The van der Waals surface area contributed by atoms with Crippen LogP contribution in [-0.2, 0) is 6.54 Å². The topological polar surface area (TPSA) is 45.6 Å². The van der Waals surface area contributed by atoms with Gasteiger partial charge in [-0.3, -0.25) is 5.43 Å². The second-order valence-corrected chi connectivity index (χ2v) is 4.92. The van der Waals surface area contributed by atoms with Gasteiger partial charge in [0.2, 0.25) is 0 Å². The number of rotatable bonds is 6. The molecule has 0 aliphatic rings. The first-order valence-corrected chi connectivity index (χ1v) is 7.53. The highest BCUT2D eigenvalue weighted by Crippen LogP contribution is 2.15. The number of ether oxygens (including phenoxy) is 1. The molecule has 0 heterocycles. The van der Waals surface area contributed by atoms with E-state index in [9.17, 15) is 0 Å². The largest absolute Gasteiger partial charge is 0.493 e. The molecule has 114 valence electrons. The van der Waals surface area contributed by atoms with Crippen LogP contribution in [0.4, 0.5) is 0 Å². The Labute approximate surface area is 136 Å². The zero-order chi connectivity index (χ0) is 15.6. The number of hydrogen-bond donors (Lipinski definition) is 2. The van der Waals surface area contributed by atoms with Crippen LogP contribution < -0.4 is 15.5 Å². The van der Waals surface area contributed by atoms with Crippen LogP contribution in [0, 0.1) is 0 Å². The Morgan fingerprint density at radius 2 is 1.86 bits per heavy atom. The van der Waals surface area contributed by atoms with Crippen molar-refractivity contribution in [2.45, 2.75) is 13.5 Å². The van der Waals surface area contributed by atoms with Gasteiger partial charge in [0.15, 0.2) is 5.11 Å². The van der Waals surface area contributed by atoms with Crippen LogP contribution in [0.3, 0.4) is 0 Å². The maximum Gasteiger partial charge on any atom is 0.187 e. The Hall–Kier alpha value is -2.40. The summed E-state index contributed by atoms with van der Waals surface area (Å²) in [5.74, 6) is 0.804. The van der Waals surface area contributed by atoms with Gasteiger partial charge in [-0.1, -0.05) is 42.5 Å². The monoisotopic (exact) mass is 313 g/mol. The van der Waals surface area contributed by atoms with Gasteiger partial charge in [0, 0.05) is 12.1 Å². The van der Waals surface area contributed by atoms with Gasteiger partial charge in [-0.05, 0) is 36.8 Å². The molecule has 5 heteroatoms. The predicted octanol–water partition coefficient (Wildman–Crippen LogP) is 3.08. The minimum atomic E-state index is 0.481. The normalized spacial score (nSPS) is 10.4. The molecular formula is C17H19N3OS. The van der Waals surface area contributed by atoms with E-state index in [0.29, 0.717) is 18.3 Å². The number of hydrogen-bond acceptors (Lipinski definition) is 3. The zero-order valence-electron chi connectivity index (χ0n) is 12.5. The van der Waals surface area contributed by atoms with Crippen LogP contribution in [0.1, 0.15) is 18.1 Å². The van der Waals surface area contributed by atoms with E-state index in [1.165, 1.54) is 0 Å². The van der Waals surface area contributed by atoms with Crippen molar-refractivity contribution in [3.05, 3.63) is 65.7 Å². The van der Waals surface area contributed by atoms with E-state index in [1.54, 1.807) is 6.21 Å². The first-order valence-electron chi connectivity index (χ1n) is 7.12. The molecule has 2 aromatic rings. The van der Waals surface area contributed by atoms with Crippen LogP contribution in [0.5, 0.6) is 5.75 Å². The third-order valence-corrected chi connectivity index (χ3v) is 3.12. The van der Waals surface area contributed by atoms with Gasteiger partial charge in [0.25, 0.3) is 0 Å². The van der Waals surface area contributed by atoms with Crippen molar-refractivity contribution in [2.24, 2.45) is 5.10 Å². The molecule has 22 heavy (non-hydrogen) atoms. The van der Waals surface area contributed by atoms with Crippen molar-refractivity contribution < 1.29 is 4.74 Å². The van der Waals surface area contributed by atoms with E-state index < -0.39 is 0 Å². The summed E-state index contributed by atoms with van der Waals surface area (Å²) < 4.78 is 5.53. The summed E-state index contributed by atoms with van der Waals surface area (Å²) >= 11 is 5.19. The van der Waals surface area contributed by atoms with Crippen molar-refractivity contribution in [1.29, 1.82) is 0 Å². The van der Waals surface area contributed by atoms with Gasteiger partial charge in [-0.15, -0.1) is 0 Å². The number of benzene rings is 2. The molecule has 2 aromatic carbocycles. The third kappa shape index (κ3) is 5.18. The summed E-state index contributed by atoms with van der Waals surface area (Å²) in [6, 6.07) is 17.8. The summed E-state index contributed by atoms with van der Waals surface area (Å²) in [6.45, 7) is 3.24. The molecule has 0 amide bonds. The lowest BCUT2D eigenvalue weighted by atomic mass is 10.2. The standard InChI is InChI=1S/C17H19N3OS/c1-2-21-16-11-7-6-10-15(16)13-19-20-17(22)18-12-14-8-4-3-5-9-14/h3-11,13H,2,12H2,1H3,(H2,18,20,22). The van der Waals surface area contributed by atoms with E-state index in [0.717, 1.165) is 16.9 Å². The van der Waals surface area contributed by atoms with Crippen molar-refractivity contribution in [1.82, 2.24) is 10.7 Å². The first-order chi connectivity index (χ1) is 10.8. The fourth-order valence-electron chi connectivity index (χ4n) is 1.85. The lowest BCUT2D eigenvalue weighted by molar-refractivity contribution is 0.340. The quantitative estimate of drug-likeness (QED) is 0.489. The van der Waals surface area contributed by atoms with Crippen LogP contribution in [0.25, 0.3) is 0 Å². The number of para-hydroxylation sites is 1. The first kappa shape index (κ1) is 16.0. The van der Waals surface area contributed by atoms with Crippen molar-refractivity contribution in [2.75, 3.05) is 6.61 Å². The molecule has 0 saturated carbocycles. The summed E-state index contributed by atoms with van der Waals surface area (Å²) in [7, 11) is 0. The molecule has 0 aliphatic carbocycles. The molecule has 0 aromatic heterocycles. The van der Waals surface area contributed by atoms with E-state index in [2.05, 4.69) is 15.8 Å². The zero-order valence-corrected chi connectivity index (χ0v) is 13.3. The molecular weight excluding hydrogens is 294 g/mol. The molecule has 0 bridgehead atoms. The van der Waals surface area contributed by atoms with Gasteiger partial charge in [0.05, 0.1) is 12.8 Å². The average Bonchev–Trinajstić information content (AvgIpc) is 2.56. The van der Waals surface area contributed by atoms with E-state index in [4.69, 9.17) is 17.0 Å². The van der Waals surface area contributed by atoms with E-state index in [-0.39, 0.29) is 0 Å². The molecule has 0 unspecified atom stereocenters. The van der Waals surface area contributed by atoms with Crippen molar-refractivity contribution in [3.8, 4) is 5.75 Å². The van der Waals surface area contributed by atoms with E-state index >= 15 is 0 Å². The molecule has 0 radical (unpaired) electrons. The van der Waals surface area contributed by atoms with Crippen LogP contribution in [-0.4, -0.2) is 17.9 Å². The van der Waals surface area contributed by atoms with Gasteiger partial charge < -0.3 is 10.1 Å². The minimum absolute atomic E-state index is 0.481.